The summed E-state index contributed by atoms with van der Waals surface area (Å²) in [6.45, 7) is 5.33. The number of nitrogens with two attached hydrogens (primary N) is 1. The van der Waals surface area contributed by atoms with E-state index in [4.69, 9.17) is 5.73 Å². The molecule has 1 atom stereocenters. The van der Waals surface area contributed by atoms with Crippen LogP contribution in [0.1, 0.15) is 32.1 Å². The van der Waals surface area contributed by atoms with Gasteiger partial charge >= 0.3 is 0 Å². The summed E-state index contributed by atoms with van der Waals surface area (Å²) in [4.78, 5) is 5.39. The number of nitrogens with zero attached hydrogens (tertiary/aromatic N) is 2. The summed E-state index contributed by atoms with van der Waals surface area (Å²) in [6, 6.07) is 2.19. The maximum absolute atomic E-state index is 5.86. The van der Waals surface area contributed by atoms with Crippen molar-refractivity contribution in [1.82, 2.24) is 9.80 Å². The van der Waals surface area contributed by atoms with Crippen molar-refractivity contribution in [2.75, 3.05) is 26.2 Å². The Bertz CT molecular complexity index is 219. The Labute approximate surface area is 92.6 Å². The lowest BCUT2D eigenvalue weighted by Crippen LogP contribution is -2.50. The van der Waals surface area contributed by atoms with Gasteiger partial charge < -0.3 is 5.73 Å². The second-order valence-corrected chi connectivity index (χ2v) is 5.57. The van der Waals surface area contributed by atoms with Gasteiger partial charge in [0.15, 0.2) is 0 Å². The molecule has 2 heterocycles. The zero-order valence-electron chi connectivity index (χ0n) is 9.57. The van der Waals surface area contributed by atoms with Gasteiger partial charge in [0.25, 0.3) is 0 Å². The van der Waals surface area contributed by atoms with Crippen molar-refractivity contribution in [3.05, 3.63) is 0 Å². The van der Waals surface area contributed by atoms with Crippen LogP contribution in [0.4, 0.5) is 0 Å². The van der Waals surface area contributed by atoms with Gasteiger partial charge in [0.2, 0.25) is 0 Å². The Kier molecular flexibility index (Phi) is 2.71. The van der Waals surface area contributed by atoms with Gasteiger partial charge in [-0.2, -0.15) is 0 Å². The molecule has 1 aliphatic carbocycles. The average Bonchev–Trinajstić information content (AvgIpc) is 2.83. The lowest BCUT2D eigenvalue weighted by atomic mass is 9.86. The van der Waals surface area contributed by atoms with E-state index < -0.39 is 0 Å². The topological polar surface area (TPSA) is 32.5 Å². The normalized spacial score (nSPS) is 43.4. The monoisotopic (exact) mass is 209 g/mol. The summed E-state index contributed by atoms with van der Waals surface area (Å²) in [7, 11) is 0. The van der Waals surface area contributed by atoms with E-state index in [-0.39, 0.29) is 0 Å². The van der Waals surface area contributed by atoms with Crippen LogP contribution in [0.5, 0.6) is 0 Å². The Hall–Kier alpha value is -0.120. The fourth-order valence-electron chi connectivity index (χ4n) is 3.43. The van der Waals surface area contributed by atoms with Crippen molar-refractivity contribution in [3.63, 3.8) is 0 Å². The maximum Gasteiger partial charge on any atom is 0.0235 e. The predicted octanol–water partition coefficient (Wildman–Crippen LogP) is 0.646. The fourth-order valence-corrected chi connectivity index (χ4v) is 3.43. The molecule has 2 saturated heterocycles. The van der Waals surface area contributed by atoms with E-state index in [0.29, 0.717) is 6.04 Å². The molecule has 0 spiro atoms. The maximum atomic E-state index is 5.86. The summed E-state index contributed by atoms with van der Waals surface area (Å²) >= 11 is 0. The van der Waals surface area contributed by atoms with Crippen molar-refractivity contribution in [2.45, 2.75) is 50.2 Å². The molecule has 15 heavy (non-hydrogen) atoms. The smallest absolute Gasteiger partial charge is 0.0235 e. The highest BCUT2D eigenvalue weighted by Gasteiger charge is 2.37. The van der Waals surface area contributed by atoms with Gasteiger partial charge in [0.05, 0.1) is 0 Å². The summed E-state index contributed by atoms with van der Waals surface area (Å²) < 4.78 is 0. The third kappa shape index (κ3) is 1.93. The Morgan fingerprint density at radius 1 is 0.867 bits per heavy atom. The van der Waals surface area contributed by atoms with Crippen molar-refractivity contribution >= 4 is 0 Å². The van der Waals surface area contributed by atoms with Gasteiger partial charge in [0.1, 0.15) is 0 Å². The van der Waals surface area contributed by atoms with E-state index in [2.05, 4.69) is 9.80 Å². The molecule has 86 valence electrons. The van der Waals surface area contributed by atoms with Crippen LogP contribution >= 0.6 is 0 Å². The average molecular weight is 209 g/mol. The summed E-state index contributed by atoms with van der Waals surface area (Å²) in [5.41, 5.74) is 5.86. The Balaban J connectivity index is 1.50. The lowest BCUT2D eigenvalue weighted by molar-refractivity contribution is 0.125. The molecule has 1 unspecified atom stereocenters. The van der Waals surface area contributed by atoms with Crippen LogP contribution in [-0.2, 0) is 0 Å². The van der Waals surface area contributed by atoms with Gasteiger partial charge in [-0.05, 0) is 45.2 Å². The molecule has 0 amide bonds. The zero-order valence-corrected chi connectivity index (χ0v) is 9.57. The quantitative estimate of drug-likeness (QED) is 0.724. The molecule has 3 rings (SSSR count). The SMILES string of the molecule is NC1CC(N2CCC(N3CCCC3)C2)C1. The molecule has 0 radical (unpaired) electrons. The van der Waals surface area contributed by atoms with Gasteiger partial charge in [-0.25, -0.2) is 0 Å². The number of rotatable bonds is 2. The largest absolute Gasteiger partial charge is 0.328 e. The molecule has 0 aromatic heterocycles. The van der Waals surface area contributed by atoms with Crippen LogP contribution in [0, 0.1) is 0 Å². The summed E-state index contributed by atoms with van der Waals surface area (Å²) in [5.74, 6) is 0. The lowest BCUT2D eigenvalue weighted by Gasteiger charge is -2.39. The van der Waals surface area contributed by atoms with E-state index in [1.807, 2.05) is 0 Å². The fraction of sp³-hybridized carbons (Fsp3) is 1.00. The standard InChI is InChI=1S/C12H23N3/c13-10-7-12(8-10)15-6-3-11(9-15)14-4-1-2-5-14/h10-12H,1-9,13H2. The van der Waals surface area contributed by atoms with Crippen molar-refractivity contribution in [1.29, 1.82) is 0 Å². The molecule has 1 saturated carbocycles. The van der Waals surface area contributed by atoms with Gasteiger partial charge in [-0.15, -0.1) is 0 Å². The zero-order chi connectivity index (χ0) is 10.3. The third-order valence-corrected chi connectivity index (χ3v) is 4.52. The van der Waals surface area contributed by atoms with Crippen LogP contribution in [0.15, 0.2) is 0 Å². The third-order valence-electron chi connectivity index (χ3n) is 4.52. The summed E-state index contributed by atoms with van der Waals surface area (Å²) in [5, 5.41) is 0. The number of hydrogen-bond donors (Lipinski definition) is 1. The first-order valence-corrected chi connectivity index (χ1v) is 6.56. The van der Waals surface area contributed by atoms with E-state index >= 15 is 0 Å². The molecule has 2 N–H and O–H groups in total. The van der Waals surface area contributed by atoms with Crippen LogP contribution < -0.4 is 5.73 Å². The van der Waals surface area contributed by atoms with E-state index in [9.17, 15) is 0 Å². The molecule has 3 nitrogen and oxygen atoms in total. The molecular formula is C12H23N3. The predicted molar refractivity (Wildman–Crippen MR) is 61.8 cm³/mol. The van der Waals surface area contributed by atoms with Crippen LogP contribution in [-0.4, -0.2) is 54.1 Å². The first-order valence-electron chi connectivity index (χ1n) is 6.56. The number of hydrogen-bond acceptors (Lipinski definition) is 3. The number of likely N-dealkylation sites (tertiary alicyclic amines) is 2. The van der Waals surface area contributed by atoms with Gasteiger partial charge in [-0.1, -0.05) is 0 Å². The van der Waals surface area contributed by atoms with Gasteiger partial charge in [0, 0.05) is 31.2 Å². The molecule has 2 aliphatic heterocycles. The van der Waals surface area contributed by atoms with Crippen LogP contribution in [0.3, 0.4) is 0 Å². The minimum atomic E-state index is 0.501. The molecule has 3 heteroatoms. The van der Waals surface area contributed by atoms with Crippen LogP contribution in [0.25, 0.3) is 0 Å². The Morgan fingerprint density at radius 3 is 2.27 bits per heavy atom. The van der Waals surface area contributed by atoms with Crippen molar-refractivity contribution < 1.29 is 0 Å². The second-order valence-electron chi connectivity index (χ2n) is 5.57. The van der Waals surface area contributed by atoms with Crippen LogP contribution in [0.2, 0.25) is 0 Å². The Morgan fingerprint density at radius 2 is 1.60 bits per heavy atom. The molecule has 0 aromatic rings. The molecule has 0 bridgehead atoms. The van der Waals surface area contributed by atoms with E-state index in [1.165, 1.54) is 58.3 Å². The summed E-state index contributed by atoms with van der Waals surface area (Å²) in [6.07, 6.45) is 6.72. The minimum Gasteiger partial charge on any atom is -0.328 e. The first-order chi connectivity index (χ1) is 7.33. The minimum absolute atomic E-state index is 0.501. The highest BCUT2D eigenvalue weighted by molar-refractivity contribution is 4.95. The molecule has 3 aliphatic rings. The molecule has 0 aromatic carbocycles. The second kappa shape index (κ2) is 4.04. The molecule has 3 fully saturated rings. The van der Waals surface area contributed by atoms with E-state index in [0.717, 1.165) is 12.1 Å². The highest BCUT2D eigenvalue weighted by Crippen LogP contribution is 2.29. The first kappa shape index (κ1) is 10.1. The molecular weight excluding hydrogens is 186 g/mol. The van der Waals surface area contributed by atoms with Crippen molar-refractivity contribution in [2.24, 2.45) is 5.73 Å². The van der Waals surface area contributed by atoms with Gasteiger partial charge in [-0.3, -0.25) is 9.80 Å². The highest BCUT2D eigenvalue weighted by atomic mass is 15.3. The van der Waals surface area contributed by atoms with Crippen molar-refractivity contribution in [3.8, 4) is 0 Å². The van der Waals surface area contributed by atoms with E-state index in [1.54, 1.807) is 0 Å².